The molecule has 0 aliphatic carbocycles. The highest BCUT2D eigenvalue weighted by molar-refractivity contribution is 7.81. The van der Waals surface area contributed by atoms with Crippen molar-refractivity contribution in [2.45, 2.75) is 13.8 Å². The van der Waals surface area contributed by atoms with Crippen molar-refractivity contribution in [2.24, 2.45) is 0 Å². The Kier molecular flexibility index (Phi) is 7.27. The molecule has 6 nitrogen and oxygen atoms in total. The molecule has 1 aromatic rings. The van der Waals surface area contributed by atoms with Gasteiger partial charge in [-0.15, -0.1) is 0 Å². The molecular weight excluding hydrogens is 244 g/mol. The Bertz CT molecular complexity index is 370. The Morgan fingerprint density at radius 1 is 0.941 bits per heavy atom. The van der Waals surface area contributed by atoms with E-state index in [0.717, 1.165) is 11.4 Å². The third kappa shape index (κ3) is 8.49. The molecule has 0 spiro atoms. The van der Waals surface area contributed by atoms with Crippen LogP contribution in [0, 0.1) is 0 Å². The van der Waals surface area contributed by atoms with E-state index in [1.807, 2.05) is 0 Å². The zero-order valence-electron chi connectivity index (χ0n) is 9.92. The highest BCUT2D eigenvalue weighted by Gasteiger charge is 2.06. The van der Waals surface area contributed by atoms with E-state index in [4.69, 9.17) is 11.5 Å². The molecule has 0 amide bonds. The first-order chi connectivity index (χ1) is 7.91. The molecule has 0 heterocycles. The summed E-state index contributed by atoms with van der Waals surface area (Å²) >= 11 is 0. The lowest BCUT2D eigenvalue weighted by atomic mass is 10.3. The quantitative estimate of drug-likeness (QED) is 0.789. The first-order valence-corrected chi connectivity index (χ1v) is 6.39. The van der Waals surface area contributed by atoms with Crippen LogP contribution in [-0.4, -0.2) is 21.6 Å². The maximum atomic E-state index is 10.4. The van der Waals surface area contributed by atoms with Crippen LogP contribution in [0.15, 0.2) is 24.3 Å². The van der Waals surface area contributed by atoms with Crippen LogP contribution in [-0.2, 0) is 18.8 Å². The summed E-state index contributed by atoms with van der Waals surface area (Å²) in [6.45, 7) is 3.39. The van der Waals surface area contributed by atoms with Crippen LogP contribution in [0.3, 0.4) is 0 Å². The standard InChI is InChI=1S/C6H8N2.C4H10O4S/c7-5-1-2-6(8)4-3-5;1-3-7-9(5,6)8-4-2/h1-4H,7-8H2;3-4H2,1-2H3. The van der Waals surface area contributed by atoms with Gasteiger partial charge in [-0.05, 0) is 38.1 Å². The van der Waals surface area contributed by atoms with Crippen molar-refractivity contribution in [1.29, 1.82) is 0 Å². The summed E-state index contributed by atoms with van der Waals surface area (Å²) < 4.78 is 29.2. The van der Waals surface area contributed by atoms with Crippen LogP contribution >= 0.6 is 0 Å². The van der Waals surface area contributed by atoms with Crippen LogP contribution < -0.4 is 11.5 Å². The number of nitrogen functional groups attached to an aromatic ring is 2. The topological polar surface area (TPSA) is 105 Å². The summed E-state index contributed by atoms with van der Waals surface area (Å²) in [6.07, 6.45) is 0. The number of rotatable bonds is 4. The molecule has 0 bridgehead atoms. The smallest absolute Gasteiger partial charge is 0.399 e. The molecule has 17 heavy (non-hydrogen) atoms. The van der Waals surface area contributed by atoms with Gasteiger partial charge >= 0.3 is 10.4 Å². The molecule has 1 rings (SSSR count). The van der Waals surface area contributed by atoms with E-state index < -0.39 is 10.4 Å². The van der Waals surface area contributed by atoms with Crippen molar-refractivity contribution >= 4 is 21.8 Å². The van der Waals surface area contributed by atoms with Gasteiger partial charge in [0.25, 0.3) is 0 Å². The number of benzene rings is 1. The van der Waals surface area contributed by atoms with Gasteiger partial charge in [0.05, 0.1) is 13.2 Å². The summed E-state index contributed by atoms with van der Waals surface area (Å²) in [7, 11) is -3.68. The molecule has 0 aromatic heterocycles. The van der Waals surface area contributed by atoms with Gasteiger partial charge in [-0.3, -0.25) is 0 Å². The van der Waals surface area contributed by atoms with Crippen molar-refractivity contribution in [3.63, 3.8) is 0 Å². The van der Waals surface area contributed by atoms with Gasteiger partial charge < -0.3 is 11.5 Å². The number of anilines is 2. The van der Waals surface area contributed by atoms with E-state index in [1.54, 1.807) is 38.1 Å². The summed E-state index contributed by atoms with van der Waals surface area (Å²) in [5, 5.41) is 0. The second kappa shape index (κ2) is 7.88. The minimum Gasteiger partial charge on any atom is -0.399 e. The molecule has 0 aliphatic rings. The molecule has 0 radical (unpaired) electrons. The monoisotopic (exact) mass is 262 g/mol. The van der Waals surface area contributed by atoms with Crippen molar-refractivity contribution < 1.29 is 16.8 Å². The molecule has 98 valence electrons. The molecular formula is C10H18N2O4S. The molecule has 0 atom stereocenters. The lowest BCUT2D eigenvalue weighted by Crippen LogP contribution is -2.09. The number of nitrogens with two attached hydrogens (primary N) is 2. The molecule has 0 saturated heterocycles. The van der Waals surface area contributed by atoms with Crippen molar-refractivity contribution in [3.8, 4) is 0 Å². The first kappa shape index (κ1) is 15.7. The van der Waals surface area contributed by atoms with Crippen molar-refractivity contribution in [2.75, 3.05) is 24.7 Å². The molecule has 0 unspecified atom stereocenters. The largest absolute Gasteiger partial charge is 0.399 e. The molecule has 0 fully saturated rings. The number of hydrogen-bond acceptors (Lipinski definition) is 6. The van der Waals surface area contributed by atoms with Gasteiger partial charge in [0.2, 0.25) is 0 Å². The normalized spacial score (nSPS) is 10.5. The predicted molar refractivity (Wildman–Crippen MR) is 67.4 cm³/mol. The second-order valence-electron chi connectivity index (χ2n) is 2.89. The first-order valence-electron chi connectivity index (χ1n) is 5.06. The SMILES string of the molecule is CCOS(=O)(=O)OCC.Nc1ccc(N)cc1. The minimum atomic E-state index is -3.68. The van der Waals surface area contributed by atoms with E-state index in [-0.39, 0.29) is 13.2 Å². The number of hydrogen-bond donors (Lipinski definition) is 2. The minimum absolute atomic E-state index is 0.113. The Hall–Kier alpha value is -1.31. The van der Waals surface area contributed by atoms with Gasteiger partial charge in [0.15, 0.2) is 0 Å². The highest BCUT2D eigenvalue weighted by atomic mass is 32.3. The second-order valence-corrected chi connectivity index (χ2v) is 4.18. The molecule has 1 aromatic carbocycles. The Morgan fingerprint density at radius 2 is 1.24 bits per heavy atom. The van der Waals surface area contributed by atoms with Crippen LogP contribution in [0.1, 0.15) is 13.8 Å². The lowest BCUT2D eigenvalue weighted by molar-refractivity contribution is 0.231. The van der Waals surface area contributed by atoms with E-state index in [1.165, 1.54) is 0 Å². The summed E-state index contributed by atoms with van der Waals surface area (Å²) in [6, 6.07) is 7.09. The fraction of sp³-hybridized carbons (Fsp3) is 0.400. The Balaban J connectivity index is 0.000000302. The molecule has 0 aliphatic heterocycles. The van der Waals surface area contributed by atoms with E-state index in [9.17, 15) is 8.42 Å². The highest BCUT2D eigenvalue weighted by Crippen LogP contribution is 2.04. The van der Waals surface area contributed by atoms with Crippen LogP contribution in [0.25, 0.3) is 0 Å². The molecule has 7 heteroatoms. The summed E-state index contributed by atoms with van der Waals surface area (Å²) in [5.74, 6) is 0. The maximum absolute atomic E-state index is 10.4. The fourth-order valence-electron chi connectivity index (χ4n) is 0.819. The van der Waals surface area contributed by atoms with Crippen LogP contribution in [0.4, 0.5) is 11.4 Å². The lowest BCUT2D eigenvalue weighted by Gasteiger charge is -1.99. The predicted octanol–water partition coefficient (Wildman–Crippen LogP) is 1.16. The average molecular weight is 262 g/mol. The third-order valence-electron chi connectivity index (χ3n) is 1.46. The van der Waals surface area contributed by atoms with Gasteiger partial charge in [-0.1, -0.05) is 0 Å². The zero-order valence-corrected chi connectivity index (χ0v) is 10.7. The Labute approximate surface area is 102 Å². The zero-order chi connectivity index (χ0) is 13.3. The molecule has 4 N–H and O–H groups in total. The maximum Gasteiger partial charge on any atom is 0.399 e. The van der Waals surface area contributed by atoms with E-state index in [2.05, 4.69) is 8.37 Å². The van der Waals surface area contributed by atoms with E-state index >= 15 is 0 Å². The van der Waals surface area contributed by atoms with E-state index in [0.29, 0.717) is 0 Å². The molecule has 0 saturated carbocycles. The Morgan fingerprint density at radius 3 is 1.47 bits per heavy atom. The van der Waals surface area contributed by atoms with Gasteiger partial charge in [-0.2, -0.15) is 8.42 Å². The van der Waals surface area contributed by atoms with Crippen LogP contribution in [0.2, 0.25) is 0 Å². The van der Waals surface area contributed by atoms with Gasteiger partial charge in [0.1, 0.15) is 0 Å². The van der Waals surface area contributed by atoms with Gasteiger partial charge in [0, 0.05) is 11.4 Å². The third-order valence-corrected chi connectivity index (χ3v) is 2.51. The summed E-state index contributed by atoms with van der Waals surface area (Å²) in [5.41, 5.74) is 12.2. The fourth-order valence-corrected chi connectivity index (χ4v) is 1.46. The van der Waals surface area contributed by atoms with Crippen molar-refractivity contribution in [3.05, 3.63) is 24.3 Å². The summed E-state index contributed by atoms with van der Waals surface area (Å²) in [4.78, 5) is 0. The van der Waals surface area contributed by atoms with Crippen molar-refractivity contribution in [1.82, 2.24) is 0 Å². The van der Waals surface area contributed by atoms with Crippen LogP contribution in [0.5, 0.6) is 0 Å². The van der Waals surface area contributed by atoms with Gasteiger partial charge in [-0.25, -0.2) is 8.37 Å². The average Bonchev–Trinajstić information content (AvgIpc) is 2.23.